The summed E-state index contributed by atoms with van der Waals surface area (Å²) < 4.78 is 0. The molecule has 0 aromatic heterocycles. The molecular weight excluding hydrogens is 339 g/mol. The predicted octanol–water partition coefficient (Wildman–Crippen LogP) is 3.08. The number of carbonyl (C=O) groups excluding carboxylic acids is 2. The summed E-state index contributed by atoms with van der Waals surface area (Å²) in [6.45, 7) is -2.35. The average Bonchev–Trinajstić information content (AvgIpc) is 3.03. The second kappa shape index (κ2) is 6.90. The van der Waals surface area contributed by atoms with E-state index in [9.17, 15) is 9.59 Å². The van der Waals surface area contributed by atoms with Crippen LogP contribution in [-0.2, 0) is 9.59 Å². The second-order valence-electron chi connectivity index (χ2n) is 6.44. The van der Waals surface area contributed by atoms with Crippen LogP contribution in [0.5, 0.6) is 0 Å². The van der Waals surface area contributed by atoms with Crippen LogP contribution in [0, 0.1) is 0 Å². The molecule has 1 fully saturated rings. The SMILES string of the molecule is O=C1CC(=O)C(=P(c2ccccc2)(c2ccccc2)c2ccccc2)C1. The number of ketones is 2. The van der Waals surface area contributed by atoms with Crippen molar-refractivity contribution >= 4 is 39.7 Å². The van der Waals surface area contributed by atoms with Crippen molar-refractivity contribution in [2.24, 2.45) is 0 Å². The minimum absolute atomic E-state index is 0.0000995. The van der Waals surface area contributed by atoms with Gasteiger partial charge in [0.1, 0.15) is 5.78 Å². The Balaban J connectivity index is 2.21. The molecule has 128 valence electrons. The number of hydrogen-bond acceptors (Lipinski definition) is 2. The number of carbonyl (C=O) groups is 2. The van der Waals surface area contributed by atoms with E-state index in [-0.39, 0.29) is 24.4 Å². The van der Waals surface area contributed by atoms with Gasteiger partial charge in [0.15, 0.2) is 5.78 Å². The number of Topliss-reactive ketones (excluding diaryl/α,β-unsaturated/α-hetero) is 2. The Kier molecular flexibility index (Phi) is 4.44. The molecule has 3 aromatic rings. The molecule has 0 saturated heterocycles. The summed E-state index contributed by atoms with van der Waals surface area (Å²) in [6.07, 6.45) is 0.287. The van der Waals surface area contributed by atoms with Crippen molar-refractivity contribution in [2.75, 3.05) is 0 Å². The summed E-state index contributed by atoms with van der Waals surface area (Å²) in [6, 6.07) is 30.6. The van der Waals surface area contributed by atoms with Gasteiger partial charge in [-0.2, -0.15) is 0 Å². The highest BCUT2D eigenvalue weighted by atomic mass is 31.2. The molecule has 1 aliphatic rings. The van der Waals surface area contributed by atoms with Crippen molar-refractivity contribution in [1.82, 2.24) is 0 Å². The summed E-state index contributed by atoms with van der Waals surface area (Å²) in [4.78, 5) is 25.1. The fourth-order valence-corrected chi connectivity index (χ4v) is 8.36. The van der Waals surface area contributed by atoms with E-state index in [4.69, 9.17) is 0 Å². The Morgan fingerprint density at radius 1 is 0.538 bits per heavy atom. The molecule has 26 heavy (non-hydrogen) atoms. The third-order valence-electron chi connectivity index (χ3n) is 4.88. The van der Waals surface area contributed by atoms with Gasteiger partial charge in [0, 0.05) is 11.7 Å². The van der Waals surface area contributed by atoms with Crippen LogP contribution in [0.1, 0.15) is 12.8 Å². The highest BCUT2D eigenvalue weighted by Crippen LogP contribution is 2.48. The molecule has 1 aliphatic carbocycles. The Bertz CT molecular complexity index is 902. The number of rotatable bonds is 3. The van der Waals surface area contributed by atoms with Gasteiger partial charge in [0.25, 0.3) is 0 Å². The average molecular weight is 358 g/mol. The van der Waals surface area contributed by atoms with Crippen LogP contribution in [0.3, 0.4) is 0 Å². The van der Waals surface area contributed by atoms with Crippen molar-refractivity contribution in [2.45, 2.75) is 12.8 Å². The van der Waals surface area contributed by atoms with Crippen molar-refractivity contribution in [3.05, 3.63) is 91.0 Å². The van der Waals surface area contributed by atoms with Crippen molar-refractivity contribution in [3.8, 4) is 0 Å². The molecule has 0 bridgehead atoms. The Hall–Kier alpha value is -2.70. The molecule has 2 nitrogen and oxygen atoms in total. The summed E-state index contributed by atoms with van der Waals surface area (Å²) in [5.74, 6) is 0.0251. The predicted molar refractivity (Wildman–Crippen MR) is 109 cm³/mol. The van der Waals surface area contributed by atoms with E-state index in [2.05, 4.69) is 36.4 Å². The maximum absolute atomic E-state index is 12.9. The zero-order chi connectivity index (χ0) is 18.0. The molecule has 0 aliphatic heterocycles. The fourth-order valence-electron chi connectivity index (χ4n) is 3.80. The quantitative estimate of drug-likeness (QED) is 0.533. The number of benzene rings is 3. The lowest BCUT2D eigenvalue weighted by Crippen LogP contribution is -2.31. The molecule has 3 heteroatoms. The first-order valence-electron chi connectivity index (χ1n) is 8.70. The van der Waals surface area contributed by atoms with Crippen LogP contribution >= 0.6 is 6.89 Å². The fraction of sp³-hybridized carbons (Fsp3) is 0.0870. The lowest BCUT2D eigenvalue weighted by atomic mass is 10.3. The monoisotopic (exact) mass is 358 g/mol. The molecule has 0 heterocycles. The van der Waals surface area contributed by atoms with Gasteiger partial charge in [0.2, 0.25) is 0 Å². The first-order chi connectivity index (χ1) is 12.7. The second-order valence-corrected chi connectivity index (χ2v) is 9.87. The van der Waals surface area contributed by atoms with Gasteiger partial charge in [0.05, 0.1) is 6.42 Å². The van der Waals surface area contributed by atoms with Gasteiger partial charge in [-0.05, 0) is 22.8 Å². The minimum Gasteiger partial charge on any atom is -0.299 e. The van der Waals surface area contributed by atoms with Crippen LogP contribution in [0.15, 0.2) is 91.0 Å². The molecule has 3 aromatic carbocycles. The zero-order valence-electron chi connectivity index (χ0n) is 14.3. The van der Waals surface area contributed by atoms with Gasteiger partial charge in [-0.25, -0.2) is 0 Å². The van der Waals surface area contributed by atoms with Crippen molar-refractivity contribution < 1.29 is 9.59 Å². The zero-order valence-corrected chi connectivity index (χ0v) is 15.2. The highest BCUT2D eigenvalue weighted by Gasteiger charge is 2.37. The molecule has 0 amide bonds. The van der Waals surface area contributed by atoms with Gasteiger partial charge in [-0.15, -0.1) is 0 Å². The molecule has 1 saturated carbocycles. The van der Waals surface area contributed by atoms with Gasteiger partial charge >= 0.3 is 0 Å². The third-order valence-corrected chi connectivity index (χ3v) is 9.32. The standard InChI is InChI=1S/C23H19O2P/c24-18-16-22(25)23(17-18)26(19-10-4-1-5-11-19,20-12-6-2-7-13-20)21-14-8-3-9-15-21/h1-15H,16-17H2. The van der Waals surface area contributed by atoms with Crippen LogP contribution < -0.4 is 15.9 Å². The first kappa shape index (κ1) is 16.8. The van der Waals surface area contributed by atoms with E-state index in [1.54, 1.807) is 0 Å². The maximum Gasteiger partial charge on any atom is 0.167 e. The van der Waals surface area contributed by atoms with Crippen molar-refractivity contribution in [1.29, 1.82) is 0 Å². The Morgan fingerprint density at radius 3 is 1.23 bits per heavy atom. The molecular formula is C23H19O2P. The smallest absolute Gasteiger partial charge is 0.167 e. The first-order valence-corrected chi connectivity index (χ1v) is 10.5. The van der Waals surface area contributed by atoms with Crippen LogP contribution in [-0.4, -0.2) is 16.9 Å². The van der Waals surface area contributed by atoms with Gasteiger partial charge in [-0.1, -0.05) is 91.0 Å². The Labute approximate surface area is 153 Å². The lowest BCUT2D eigenvalue weighted by molar-refractivity contribution is -0.120. The van der Waals surface area contributed by atoms with Crippen LogP contribution in [0.25, 0.3) is 0 Å². The third kappa shape index (κ3) is 2.67. The molecule has 0 radical (unpaired) electrons. The molecule has 0 spiro atoms. The van der Waals surface area contributed by atoms with Gasteiger partial charge < -0.3 is 0 Å². The summed E-state index contributed by atoms with van der Waals surface area (Å²) in [7, 11) is 0. The van der Waals surface area contributed by atoms with Crippen molar-refractivity contribution in [3.63, 3.8) is 0 Å². The summed E-state index contributed by atoms with van der Waals surface area (Å²) >= 11 is 0. The largest absolute Gasteiger partial charge is 0.299 e. The highest BCUT2D eigenvalue weighted by molar-refractivity contribution is 7.96. The number of hydrogen-bond donors (Lipinski definition) is 0. The summed E-state index contributed by atoms with van der Waals surface area (Å²) in [5, 5.41) is 4.15. The van der Waals surface area contributed by atoms with E-state index >= 15 is 0 Å². The summed E-state index contributed by atoms with van der Waals surface area (Å²) in [5.41, 5.74) is 0. The normalized spacial score (nSPS) is 14.7. The molecule has 0 unspecified atom stereocenters. The maximum atomic E-state index is 12.9. The molecule has 4 rings (SSSR count). The molecule has 0 N–H and O–H groups in total. The minimum atomic E-state index is -2.35. The van der Waals surface area contributed by atoms with E-state index in [0.717, 1.165) is 21.2 Å². The van der Waals surface area contributed by atoms with E-state index in [1.165, 1.54) is 0 Å². The van der Waals surface area contributed by atoms with Crippen LogP contribution in [0.4, 0.5) is 0 Å². The van der Waals surface area contributed by atoms with E-state index in [1.807, 2.05) is 54.6 Å². The van der Waals surface area contributed by atoms with Gasteiger partial charge in [-0.3, -0.25) is 9.59 Å². The topological polar surface area (TPSA) is 34.1 Å². The van der Waals surface area contributed by atoms with E-state index < -0.39 is 6.89 Å². The van der Waals surface area contributed by atoms with E-state index in [0.29, 0.717) is 0 Å². The Morgan fingerprint density at radius 2 is 0.923 bits per heavy atom. The molecule has 0 atom stereocenters. The lowest BCUT2D eigenvalue weighted by Gasteiger charge is -2.31. The van der Waals surface area contributed by atoms with Crippen LogP contribution in [0.2, 0.25) is 0 Å².